The normalized spacial score (nSPS) is 19.9. The first-order valence-electron chi connectivity index (χ1n) is 5.96. The first-order chi connectivity index (χ1) is 9.53. The van der Waals surface area contributed by atoms with Crippen LogP contribution < -0.4 is 10.8 Å². The van der Waals surface area contributed by atoms with Crippen molar-refractivity contribution in [2.45, 2.75) is 5.69 Å². The number of amides is 1. The molecule has 0 fully saturated rings. The molecule has 1 atom stereocenters. The van der Waals surface area contributed by atoms with Crippen molar-refractivity contribution in [2.24, 2.45) is 15.4 Å². The standard InChI is InChI=1S/C11H14BFN6O/c1-19(2)10(20)12(11(13)8-14-18-16-11)17-15-9-6-4-3-5-7-9/h3-8,15,17H,1-2H3. The summed E-state index contributed by atoms with van der Waals surface area (Å²) >= 11 is 0. The van der Waals surface area contributed by atoms with Crippen molar-refractivity contribution in [3.8, 4) is 0 Å². The lowest BCUT2D eigenvalue weighted by molar-refractivity contribution is 0.235. The number of hydrogen-bond acceptors (Lipinski definition) is 6. The fourth-order valence-electron chi connectivity index (χ4n) is 1.63. The Morgan fingerprint density at radius 2 is 2.05 bits per heavy atom. The average Bonchev–Trinajstić information content (AvgIpc) is 2.87. The molecule has 20 heavy (non-hydrogen) atoms. The minimum atomic E-state index is -2.30. The number of halogens is 1. The number of hydrogen-bond donors (Lipinski definition) is 2. The van der Waals surface area contributed by atoms with E-state index in [0.717, 1.165) is 6.21 Å². The van der Waals surface area contributed by atoms with E-state index in [4.69, 9.17) is 0 Å². The Hall–Kier alpha value is -2.29. The Bertz CT molecular complexity index is 523. The van der Waals surface area contributed by atoms with Gasteiger partial charge < -0.3 is 10.3 Å². The average molecular weight is 276 g/mol. The van der Waals surface area contributed by atoms with E-state index >= 15 is 0 Å². The summed E-state index contributed by atoms with van der Waals surface area (Å²) in [5.41, 5.74) is 1.17. The lowest BCUT2D eigenvalue weighted by atomic mass is 9.53. The second-order valence-electron chi connectivity index (χ2n) is 4.46. The second kappa shape index (κ2) is 5.78. The molecule has 1 aromatic carbocycles. The van der Waals surface area contributed by atoms with Crippen molar-refractivity contribution in [2.75, 3.05) is 19.5 Å². The van der Waals surface area contributed by atoms with Crippen molar-refractivity contribution >= 4 is 24.6 Å². The highest BCUT2D eigenvalue weighted by Crippen LogP contribution is 2.20. The number of para-hydroxylation sites is 1. The van der Waals surface area contributed by atoms with Crippen molar-refractivity contribution in [3.63, 3.8) is 0 Å². The molecule has 2 N–H and O–H groups in total. The van der Waals surface area contributed by atoms with Gasteiger partial charge in [0.1, 0.15) is 0 Å². The number of hydrazine groups is 1. The molecule has 0 saturated heterocycles. The maximum Gasteiger partial charge on any atom is 0.426 e. The van der Waals surface area contributed by atoms with Crippen LogP contribution in [0.2, 0.25) is 0 Å². The van der Waals surface area contributed by atoms with Crippen molar-refractivity contribution in [1.82, 2.24) is 10.2 Å². The predicted octanol–water partition coefficient (Wildman–Crippen LogP) is 1.51. The molecule has 104 valence electrons. The summed E-state index contributed by atoms with van der Waals surface area (Å²) in [5.74, 6) is -0.483. The van der Waals surface area contributed by atoms with Crippen LogP contribution in [-0.4, -0.2) is 43.6 Å². The SMILES string of the molecule is CN(C)C(=O)B(NNc1ccccc1)C1(F)C=NN=N1. The summed E-state index contributed by atoms with van der Waals surface area (Å²) in [5, 5.41) is 12.6. The van der Waals surface area contributed by atoms with Crippen LogP contribution in [0.1, 0.15) is 0 Å². The van der Waals surface area contributed by atoms with Gasteiger partial charge in [0, 0.05) is 19.8 Å². The number of alkyl halides is 1. The minimum Gasteiger partial charge on any atom is -0.356 e. The lowest BCUT2D eigenvalue weighted by Gasteiger charge is -2.24. The third kappa shape index (κ3) is 2.99. The summed E-state index contributed by atoms with van der Waals surface area (Å²) in [7, 11) is 3.07. The van der Waals surface area contributed by atoms with Gasteiger partial charge in [-0.25, -0.2) is 4.39 Å². The summed E-state index contributed by atoms with van der Waals surface area (Å²) in [6, 6.07) is 9.03. The molecule has 1 heterocycles. The van der Waals surface area contributed by atoms with Crippen molar-refractivity contribution in [3.05, 3.63) is 30.3 Å². The summed E-state index contributed by atoms with van der Waals surface area (Å²) in [4.78, 5) is 13.3. The molecule has 0 aromatic heterocycles. The summed E-state index contributed by atoms with van der Waals surface area (Å²) in [6.07, 6.45) is 0.902. The van der Waals surface area contributed by atoms with Crippen LogP contribution in [-0.2, 0) is 0 Å². The third-order valence-electron chi connectivity index (χ3n) is 2.72. The smallest absolute Gasteiger partial charge is 0.356 e. The number of rotatable bonds is 5. The number of carbonyl (C=O) groups excluding carboxylic acids is 1. The summed E-state index contributed by atoms with van der Waals surface area (Å²) in [6.45, 7) is -1.27. The largest absolute Gasteiger partial charge is 0.426 e. The highest BCUT2D eigenvalue weighted by Gasteiger charge is 2.51. The molecule has 7 nitrogen and oxygen atoms in total. The van der Waals surface area contributed by atoms with E-state index in [-0.39, 0.29) is 0 Å². The van der Waals surface area contributed by atoms with Crippen LogP contribution in [0.15, 0.2) is 45.8 Å². The molecule has 0 radical (unpaired) electrons. The van der Waals surface area contributed by atoms with Gasteiger partial charge >= 0.3 is 6.85 Å². The molecular weight excluding hydrogens is 262 g/mol. The topological polar surface area (TPSA) is 81.5 Å². The van der Waals surface area contributed by atoms with Gasteiger partial charge in [0.05, 0.1) is 6.21 Å². The van der Waals surface area contributed by atoms with Gasteiger partial charge in [0.15, 0.2) is 0 Å². The van der Waals surface area contributed by atoms with E-state index in [1.165, 1.54) is 19.0 Å². The Balaban J connectivity index is 2.13. The molecule has 0 spiro atoms. The Kier molecular flexibility index (Phi) is 4.09. The van der Waals surface area contributed by atoms with E-state index in [1.807, 2.05) is 18.2 Å². The Morgan fingerprint density at radius 3 is 2.60 bits per heavy atom. The quantitative estimate of drug-likeness (QED) is 0.486. The van der Waals surface area contributed by atoms with Gasteiger partial charge in [0.2, 0.25) is 5.81 Å². The lowest BCUT2D eigenvalue weighted by Crippen LogP contribution is -2.61. The van der Waals surface area contributed by atoms with Gasteiger partial charge in [-0.2, -0.15) is 0 Å². The molecule has 1 aliphatic rings. The molecule has 0 saturated carbocycles. The Morgan fingerprint density at radius 1 is 1.35 bits per heavy atom. The molecule has 1 aromatic rings. The molecule has 1 aliphatic heterocycles. The zero-order valence-electron chi connectivity index (χ0n) is 11.1. The number of nitrogens with one attached hydrogen (secondary N) is 2. The maximum atomic E-state index is 14.5. The first-order valence-corrected chi connectivity index (χ1v) is 5.96. The van der Waals surface area contributed by atoms with E-state index in [2.05, 4.69) is 26.2 Å². The minimum absolute atomic E-state index is 0.483. The fourth-order valence-corrected chi connectivity index (χ4v) is 1.63. The fraction of sp³-hybridized carbons (Fsp3) is 0.273. The second-order valence-corrected chi connectivity index (χ2v) is 4.46. The molecule has 0 aliphatic carbocycles. The monoisotopic (exact) mass is 276 g/mol. The van der Waals surface area contributed by atoms with Crippen LogP contribution in [0.4, 0.5) is 14.9 Å². The molecule has 2 rings (SSSR count). The van der Waals surface area contributed by atoms with E-state index in [0.29, 0.717) is 5.69 Å². The number of nitrogens with zero attached hydrogens (tertiary/aromatic N) is 4. The summed E-state index contributed by atoms with van der Waals surface area (Å²) < 4.78 is 14.5. The molecular formula is C11H14BFN6O. The van der Waals surface area contributed by atoms with Gasteiger partial charge in [-0.3, -0.25) is 10.1 Å². The first kappa shape index (κ1) is 14.1. The molecule has 1 amide bonds. The predicted molar refractivity (Wildman–Crippen MR) is 75.2 cm³/mol. The Labute approximate surface area is 116 Å². The van der Waals surface area contributed by atoms with Gasteiger partial charge in [0.25, 0.3) is 5.69 Å². The van der Waals surface area contributed by atoms with E-state index < -0.39 is 18.3 Å². The highest BCUT2D eigenvalue weighted by atomic mass is 19.1. The van der Waals surface area contributed by atoms with Gasteiger partial charge in [-0.05, 0) is 17.4 Å². The number of anilines is 1. The van der Waals surface area contributed by atoms with Crippen LogP contribution >= 0.6 is 0 Å². The highest BCUT2D eigenvalue weighted by molar-refractivity contribution is 6.91. The molecule has 9 heteroatoms. The van der Waals surface area contributed by atoms with Gasteiger partial charge in [-0.15, -0.1) is 10.2 Å². The van der Waals surface area contributed by atoms with Gasteiger partial charge in [-0.1, -0.05) is 18.2 Å². The van der Waals surface area contributed by atoms with Crippen LogP contribution in [0, 0.1) is 0 Å². The molecule has 0 bridgehead atoms. The maximum absolute atomic E-state index is 14.5. The van der Waals surface area contributed by atoms with E-state index in [9.17, 15) is 9.18 Å². The van der Waals surface area contributed by atoms with Crippen molar-refractivity contribution < 1.29 is 9.18 Å². The van der Waals surface area contributed by atoms with Crippen LogP contribution in [0.25, 0.3) is 0 Å². The van der Waals surface area contributed by atoms with Crippen molar-refractivity contribution in [1.29, 1.82) is 0 Å². The third-order valence-corrected chi connectivity index (χ3v) is 2.72. The van der Waals surface area contributed by atoms with Crippen LogP contribution in [0.3, 0.4) is 0 Å². The zero-order chi connectivity index (χ0) is 14.6. The molecule has 1 unspecified atom stereocenters. The van der Waals surface area contributed by atoms with E-state index in [1.54, 1.807) is 12.1 Å². The zero-order valence-corrected chi connectivity index (χ0v) is 11.1. The number of carbonyl (C=O) groups is 1. The number of benzene rings is 1. The van der Waals surface area contributed by atoms with Crippen LogP contribution in [0.5, 0.6) is 0 Å².